The van der Waals surface area contributed by atoms with Crippen LogP contribution in [0.1, 0.15) is 5.69 Å². The minimum absolute atomic E-state index is 0.170. The summed E-state index contributed by atoms with van der Waals surface area (Å²) in [4.78, 5) is 16.3. The van der Waals surface area contributed by atoms with Crippen LogP contribution in [0.4, 0.5) is 4.39 Å². The Morgan fingerprint density at radius 1 is 1.09 bits per heavy atom. The van der Waals surface area contributed by atoms with Crippen molar-refractivity contribution in [3.05, 3.63) is 72.2 Å². The zero-order chi connectivity index (χ0) is 16.1. The summed E-state index contributed by atoms with van der Waals surface area (Å²) in [6.45, 7) is 0.146. The number of halogens is 1. The van der Waals surface area contributed by atoms with Crippen LogP contribution in [-0.2, 0) is 11.3 Å². The molecule has 0 saturated heterocycles. The molecule has 116 valence electrons. The van der Waals surface area contributed by atoms with E-state index < -0.39 is 5.82 Å². The van der Waals surface area contributed by atoms with Gasteiger partial charge in [0.05, 0.1) is 17.8 Å². The molecule has 1 amide bonds. The molecule has 0 aliphatic rings. The number of carbonyl (C=O) groups excluding carboxylic acids is 1. The van der Waals surface area contributed by atoms with Gasteiger partial charge in [-0.15, -0.1) is 0 Å². The Balaban J connectivity index is 1.53. The van der Waals surface area contributed by atoms with Gasteiger partial charge in [0.15, 0.2) is 6.61 Å². The molecule has 3 rings (SSSR count). The molecule has 2 aromatic carbocycles. The molecule has 0 saturated carbocycles. The number of ether oxygens (including phenoxy) is 1. The number of rotatable bonds is 5. The van der Waals surface area contributed by atoms with E-state index in [1.54, 1.807) is 6.07 Å². The van der Waals surface area contributed by atoms with E-state index in [4.69, 9.17) is 4.74 Å². The molecule has 0 radical (unpaired) electrons. The third-order valence-electron chi connectivity index (χ3n) is 3.29. The van der Waals surface area contributed by atoms with E-state index in [0.29, 0.717) is 12.3 Å². The molecule has 5 heteroatoms. The second kappa shape index (κ2) is 6.87. The van der Waals surface area contributed by atoms with E-state index in [1.807, 2.05) is 36.4 Å². The number of hydrogen-bond acceptors (Lipinski definition) is 3. The Hall–Kier alpha value is -2.95. The fourth-order valence-electron chi connectivity index (χ4n) is 2.15. The van der Waals surface area contributed by atoms with Crippen LogP contribution in [0.15, 0.2) is 60.7 Å². The second-order valence-electron chi connectivity index (χ2n) is 5.02. The van der Waals surface area contributed by atoms with Gasteiger partial charge in [-0.25, -0.2) is 4.39 Å². The van der Waals surface area contributed by atoms with Gasteiger partial charge in [-0.2, -0.15) is 0 Å². The molecule has 0 aliphatic carbocycles. The second-order valence-corrected chi connectivity index (χ2v) is 5.02. The Bertz CT molecular complexity index is 836. The standard InChI is InChI=1S/C18H15FN2O2/c19-14-5-3-6-16(10-14)23-12-18(22)20-11-15-9-8-13-4-1-2-7-17(13)21-15/h1-10H,11-12H2,(H,20,22). The lowest BCUT2D eigenvalue weighted by atomic mass is 10.2. The first-order chi connectivity index (χ1) is 11.2. The summed E-state index contributed by atoms with van der Waals surface area (Å²) in [6.07, 6.45) is 0. The molecular formula is C18H15FN2O2. The third-order valence-corrected chi connectivity index (χ3v) is 3.29. The first kappa shape index (κ1) is 15.0. The van der Waals surface area contributed by atoms with Crippen molar-refractivity contribution in [3.63, 3.8) is 0 Å². The van der Waals surface area contributed by atoms with Crippen molar-refractivity contribution >= 4 is 16.8 Å². The highest BCUT2D eigenvalue weighted by Gasteiger charge is 2.05. The summed E-state index contributed by atoms with van der Waals surface area (Å²) in [5.74, 6) is -0.364. The SMILES string of the molecule is O=C(COc1cccc(F)c1)NCc1ccc2ccccc2n1. The molecule has 23 heavy (non-hydrogen) atoms. The van der Waals surface area contributed by atoms with Crippen molar-refractivity contribution in [1.29, 1.82) is 0 Å². The average Bonchev–Trinajstić information content (AvgIpc) is 2.58. The maximum atomic E-state index is 13.0. The van der Waals surface area contributed by atoms with E-state index >= 15 is 0 Å². The summed E-state index contributed by atoms with van der Waals surface area (Å²) in [5, 5.41) is 3.78. The van der Waals surface area contributed by atoms with Gasteiger partial charge < -0.3 is 10.1 Å². The highest BCUT2D eigenvalue weighted by molar-refractivity contribution is 5.79. The van der Waals surface area contributed by atoms with Crippen molar-refractivity contribution in [3.8, 4) is 5.75 Å². The zero-order valence-corrected chi connectivity index (χ0v) is 12.3. The number of pyridine rings is 1. The molecule has 0 unspecified atom stereocenters. The highest BCUT2D eigenvalue weighted by atomic mass is 19.1. The average molecular weight is 310 g/mol. The van der Waals surface area contributed by atoms with Gasteiger partial charge in [0.1, 0.15) is 11.6 Å². The van der Waals surface area contributed by atoms with Crippen LogP contribution in [-0.4, -0.2) is 17.5 Å². The number of nitrogens with one attached hydrogen (secondary N) is 1. The van der Waals surface area contributed by atoms with Crippen molar-refractivity contribution in [2.75, 3.05) is 6.61 Å². The van der Waals surface area contributed by atoms with Crippen LogP contribution in [0.2, 0.25) is 0 Å². The number of fused-ring (bicyclic) bond motifs is 1. The number of para-hydroxylation sites is 1. The fourth-order valence-corrected chi connectivity index (χ4v) is 2.15. The number of aromatic nitrogens is 1. The molecule has 0 fully saturated rings. The molecule has 0 aliphatic heterocycles. The van der Waals surface area contributed by atoms with Gasteiger partial charge in [0.25, 0.3) is 5.91 Å². The van der Waals surface area contributed by atoms with E-state index in [1.165, 1.54) is 18.2 Å². The van der Waals surface area contributed by atoms with Crippen LogP contribution < -0.4 is 10.1 Å². The summed E-state index contributed by atoms with van der Waals surface area (Å²) in [5.41, 5.74) is 1.65. The molecule has 1 N–H and O–H groups in total. The molecule has 1 heterocycles. The fraction of sp³-hybridized carbons (Fsp3) is 0.111. The number of amides is 1. The summed E-state index contributed by atoms with van der Waals surface area (Å²) in [6, 6.07) is 17.3. The van der Waals surface area contributed by atoms with Gasteiger partial charge in [-0.05, 0) is 24.3 Å². The molecule has 1 aromatic heterocycles. The predicted octanol–water partition coefficient (Wildman–Crippen LogP) is 3.07. The topological polar surface area (TPSA) is 51.2 Å². The smallest absolute Gasteiger partial charge is 0.258 e. The lowest BCUT2D eigenvalue weighted by molar-refractivity contribution is -0.123. The highest BCUT2D eigenvalue weighted by Crippen LogP contribution is 2.12. The summed E-state index contributed by atoms with van der Waals surface area (Å²) >= 11 is 0. The molecular weight excluding hydrogens is 295 g/mol. The number of carbonyl (C=O) groups is 1. The van der Waals surface area contributed by atoms with Crippen molar-refractivity contribution in [2.24, 2.45) is 0 Å². The lowest BCUT2D eigenvalue weighted by Crippen LogP contribution is -2.28. The quantitative estimate of drug-likeness (QED) is 0.788. The zero-order valence-electron chi connectivity index (χ0n) is 12.3. The normalized spacial score (nSPS) is 10.5. The van der Waals surface area contributed by atoms with Gasteiger partial charge in [0, 0.05) is 11.5 Å². The maximum Gasteiger partial charge on any atom is 0.258 e. The van der Waals surface area contributed by atoms with E-state index in [-0.39, 0.29) is 12.5 Å². The van der Waals surface area contributed by atoms with E-state index in [2.05, 4.69) is 10.3 Å². The Morgan fingerprint density at radius 3 is 2.83 bits per heavy atom. The van der Waals surface area contributed by atoms with Crippen LogP contribution in [0, 0.1) is 5.82 Å². The molecule has 0 spiro atoms. The maximum absolute atomic E-state index is 13.0. The first-order valence-electron chi connectivity index (χ1n) is 7.20. The Morgan fingerprint density at radius 2 is 1.96 bits per heavy atom. The van der Waals surface area contributed by atoms with Crippen molar-refractivity contribution in [2.45, 2.75) is 6.54 Å². The van der Waals surface area contributed by atoms with Crippen molar-refractivity contribution < 1.29 is 13.9 Å². The van der Waals surface area contributed by atoms with Gasteiger partial charge in [-0.1, -0.05) is 30.3 Å². The van der Waals surface area contributed by atoms with E-state index in [9.17, 15) is 9.18 Å². The lowest BCUT2D eigenvalue weighted by Gasteiger charge is -2.08. The molecule has 0 atom stereocenters. The van der Waals surface area contributed by atoms with Crippen LogP contribution in [0.5, 0.6) is 5.75 Å². The largest absolute Gasteiger partial charge is 0.484 e. The van der Waals surface area contributed by atoms with Crippen LogP contribution >= 0.6 is 0 Å². The molecule has 4 nitrogen and oxygen atoms in total. The van der Waals surface area contributed by atoms with Crippen LogP contribution in [0.3, 0.4) is 0 Å². The van der Waals surface area contributed by atoms with Gasteiger partial charge in [-0.3, -0.25) is 9.78 Å². The minimum Gasteiger partial charge on any atom is -0.484 e. The molecule has 3 aromatic rings. The monoisotopic (exact) mass is 310 g/mol. The number of benzene rings is 2. The van der Waals surface area contributed by atoms with Gasteiger partial charge in [0.2, 0.25) is 0 Å². The van der Waals surface area contributed by atoms with Gasteiger partial charge >= 0.3 is 0 Å². The minimum atomic E-state index is -0.400. The Labute approximate surface area is 132 Å². The first-order valence-corrected chi connectivity index (χ1v) is 7.20. The predicted molar refractivity (Wildman–Crippen MR) is 85.5 cm³/mol. The van der Waals surface area contributed by atoms with E-state index in [0.717, 1.165) is 16.6 Å². The molecule has 0 bridgehead atoms. The summed E-state index contributed by atoms with van der Waals surface area (Å²) < 4.78 is 18.2. The Kier molecular flexibility index (Phi) is 4.47. The van der Waals surface area contributed by atoms with Crippen LogP contribution in [0.25, 0.3) is 10.9 Å². The summed E-state index contributed by atoms with van der Waals surface area (Å²) in [7, 11) is 0. The van der Waals surface area contributed by atoms with Crippen molar-refractivity contribution in [1.82, 2.24) is 10.3 Å². The third kappa shape index (κ3) is 4.03. The number of nitrogens with zero attached hydrogens (tertiary/aromatic N) is 1. The number of hydrogen-bond donors (Lipinski definition) is 1.